The first-order valence-corrected chi connectivity index (χ1v) is 6.49. The van der Waals surface area contributed by atoms with Crippen molar-refractivity contribution in [2.24, 2.45) is 0 Å². The third kappa shape index (κ3) is 2.25. The molecule has 0 aliphatic heterocycles. The van der Waals surface area contributed by atoms with Crippen molar-refractivity contribution in [1.29, 1.82) is 0 Å². The van der Waals surface area contributed by atoms with Gasteiger partial charge >= 0.3 is 0 Å². The van der Waals surface area contributed by atoms with Crippen LogP contribution in [0.2, 0.25) is 0 Å². The van der Waals surface area contributed by atoms with Gasteiger partial charge in [-0.1, -0.05) is 12.1 Å². The highest BCUT2D eigenvalue weighted by atomic mass is 16.5. The van der Waals surface area contributed by atoms with Gasteiger partial charge in [-0.2, -0.15) is 0 Å². The zero-order chi connectivity index (χ0) is 15.0. The number of rotatable bonds is 2. The summed E-state index contributed by atoms with van der Waals surface area (Å²) in [5.41, 5.74) is 2.21. The fraction of sp³-hybridized carbons (Fsp3) is 0.118. The molecule has 0 saturated heterocycles. The molecule has 2 aromatic carbocycles. The lowest BCUT2D eigenvalue weighted by atomic mass is 10.0. The predicted octanol–water partition coefficient (Wildman–Crippen LogP) is 3.48. The van der Waals surface area contributed by atoms with Gasteiger partial charge in [-0.3, -0.25) is 4.79 Å². The molecule has 21 heavy (non-hydrogen) atoms. The molecular weight excluding hydrogens is 268 g/mol. The summed E-state index contributed by atoms with van der Waals surface area (Å²) in [5.74, 6) is 0.811. The van der Waals surface area contributed by atoms with E-state index in [1.807, 2.05) is 12.1 Å². The van der Waals surface area contributed by atoms with Gasteiger partial charge in [-0.05, 0) is 36.2 Å². The molecule has 1 aromatic heterocycles. The Hall–Kier alpha value is -2.75. The number of aromatic hydroxyl groups is 1. The first-order chi connectivity index (χ1) is 10.1. The third-order valence-electron chi connectivity index (χ3n) is 3.46. The molecule has 1 N–H and O–H groups in total. The van der Waals surface area contributed by atoms with Gasteiger partial charge in [0.05, 0.1) is 18.1 Å². The van der Waals surface area contributed by atoms with Gasteiger partial charge in [0.25, 0.3) is 0 Å². The summed E-state index contributed by atoms with van der Waals surface area (Å²) >= 11 is 0. The van der Waals surface area contributed by atoms with Gasteiger partial charge in [0.1, 0.15) is 23.3 Å². The molecule has 1 heterocycles. The molecule has 3 rings (SSSR count). The molecular formula is C17H14O4. The smallest absolute Gasteiger partial charge is 0.200 e. The number of benzene rings is 2. The summed E-state index contributed by atoms with van der Waals surface area (Å²) in [4.78, 5) is 12.6. The molecule has 0 saturated carbocycles. The fourth-order valence-electron chi connectivity index (χ4n) is 2.40. The van der Waals surface area contributed by atoms with E-state index in [9.17, 15) is 9.90 Å². The molecule has 4 nitrogen and oxygen atoms in total. The number of hydrogen-bond acceptors (Lipinski definition) is 4. The van der Waals surface area contributed by atoms with E-state index < -0.39 is 0 Å². The average molecular weight is 282 g/mol. The van der Waals surface area contributed by atoms with Crippen LogP contribution >= 0.6 is 0 Å². The Morgan fingerprint density at radius 3 is 2.52 bits per heavy atom. The Kier molecular flexibility index (Phi) is 3.14. The predicted molar refractivity (Wildman–Crippen MR) is 80.9 cm³/mol. The Bertz CT molecular complexity index is 860. The number of phenols is 1. The standard InChI is InChI=1S/C17H14O4/c1-10-7-12(18)8-15-16(10)17(19)14(9-21-15)11-3-5-13(20-2)6-4-11/h3-9,18H,1-2H3. The van der Waals surface area contributed by atoms with Gasteiger partial charge in [0.15, 0.2) is 0 Å². The largest absolute Gasteiger partial charge is 0.508 e. The van der Waals surface area contributed by atoms with Crippen molar-refractivity contribution in [2.45, 2.75) is 6.92 Å². The van der Waals surface area contributed by atoms with E-state index in [2.05, 4.69) is 0 Å². The number of methoxy groups -OCH3 is 1. The van der Waals surface area contributed by atoms with Crippen LogP contribution in [-0.4, -0.2) is 12.2 Å². The van der Waals surface area contributed by atoms with Crippen molar-refractivity contribution in [3.05, 3.63) is 58.4 Å². The Balaban J connectivity index is 2.24. The molecule has 0 aliphatic rings. The van der Waals surface area contributed by atoms with E-state index in [0.29, 0.717) is 22.1 Å². The number of aryl methyl sites for hydroxylation is 1. The SMILES string of the molecule is COc1ccc(-c2coc3cc(O)cc(C)c3c2=O)cc1. The minimum absolute atomic E-state index is 0.0837. The fourth-order valence-corrected chi connectivity index (χ4v) is 2.40. The highest BCUT2D eigenvalue weighted by molar-refractivity contribution is 5.85. The molecule has 4 heteroatoms. The summed E-state index contributed by atoms with van der Waals surface area (Å²) in [6.07, 6.45) is 1.42. The van der Waals surface area contributed by atoms with Gasteiger partial charge < -0.3 is 14.3 Å². The van der Waals surface area contributed by atoms with Crippen LogP contribution in [0.15, 0.2) is 51.9 Å². The van der Waals surface area contributed by atoms with Gasteiger partial charge in [-0.25, -0.2) is 0 Å². The zero-order valence-electron chi connectivity index (χ0n) is 11.7. The van der Waals surface area contributed by atoms with Crippen LogP contribution in [0.5, 0.6) is 11.5 Å². The zero-order valence-corrected chi connectivity index (χ0v) is 11.7. The number of phenolic OH excluding ortho intramolecular Hbond substituents is 1. The summed E-state index contributed by atoms with van der Waals surface area (Å²) < 4.78 is 10.6. The van der Waals surface area contributed by atoms with E-state index in [0.717, 1.165) is 11.3 Å². The van der Waals surface area contributed by atoms with Crippen molar-refractivity contribution < 1.29 is 14.3 Å². The maximum absolute atomic E-state index is 12.6. The molecule has 0 unspecified atom stereocenters. The van der Waals surface area contributed by atoms with Crippen LogP contribution < -0.4 is 10.2 Å². The number of hydrogen-bond donors (Lipinski definition) is 1. The van der Waals surface area contributed by atoms with Gasteiger partial charge in [-0.15, -0.1) is 0 Å². The maximum atomic E-state index is 12.6. The molecule has 0 aliphatic carbocycles. The van der Waals surface area contributed by atoms with Crippen molar-refractivity contribution in [2.75, 3.05) is 7.11 Å². The maximum Gasteiger partial charge on any atom is 0.200 e. The van der Waals surface area contributed by atoms with Crippen molar-refractivity contribution in [3.63, 3.8) is 0 Å². The van der Waals surface area contributed by atoms with E-state index in [-0.39, 0.29) is 11.2 Å². The number of fused-ring (bicyclic) bond motifs is 1. The Morgan fingerprint density at radius 2 is 1.86 bits per heavy atom. The second kappa shape index (κ2) is 4.98. The van der Waals surface area contributed by atoms with E-state index in [4.69, 9.17) is 9.15 Å². The summed E-state index contributed by atoms with van der Waals surface area (Å²) in [5, 5.41) is 10.1. The molecule has 0 radical (unpaired) electrons. The van der Waals surface area contributed by atoms with Crippen molar-refractivity contribution >= 4 is 11.0 Å². The first-order valence-electron chi connectivity index (χ1n) is 6.49. The summed E-state index contributed by atoms with van der Waals surface area (Å²) in [6.45, 7) is 1.77. The number of ether oxygens (including phenoxy) is 1. The van der Waals surface area contributed by atoms with Crippen molar-refractivity contribution in [3.8, 4) is 22.6 Å². The van der Waals surface area contributed by atoms with Crippen LogP contribution in [0.25, 0.3) is 22.1 Å². The second-order valence-electron chi connectivity index (χ2n) is 4.84. The van der Waals surface area contributed by atoms with Crippen LogP contribution in [-0.2, 0) is 0 Å². The lowest BCUT2D eigenvalue weighted by molar-refractivity contribution is 0.415. The summed E-state index contributed by atoms with van der Waals surface area (Å²) in [7, 11) is 1.59. The van der Waals surface area contributed by atoms with Crippen LogP contribution in [0.3, 0.4) is 0 Å². The Labute approximate surface area is 121 Å². The topological polar surface area (TPSA) is 59.7 Å². The highest BCUT2D eigenvalue weighted by Gasteiger charge is 2.12. The Morgan fingerprint density at radius 1 is 1.14 bits per heavy atom. The van der Waals surface area contributed by atoms with E-state index in [1.165, 1.54) is 12.3 Å². The second-order valence-corrected chi connectivity index (χ2v) is 4.84. The quantitative estimate of drug-likeness (QED) is 0.781. The summed E-state index contributed by atoms with van der Waals surface area (Å²) in [6, 6.07) is 10.2. The monoisotopic (exact) mass is 282 g/mol. The molecule has 106 valence electrons. The molecule has 0 fully saturated rings. The van der Waals surface area contributed by atoms with Gasteiger partial charge in [0, 0.05) is 6.07 Å². The van der Waals surface area contributed by atoms with Crippen LogP contribution in [0, 0.1) is 6.92 Å². The van der Waals surface area contributed by atoms with Crippen LogP contribution in [0.4, 0.5) is 0 Å². The van der Waals surface area contributed by atoms with E-state index in [1.54, 1.807) is 32.2 Å². The normalized spacial score (nSPS) is 10.8. The van der Waals surface area contributed by atoms with Crippen LogP contribution in [0.1, 0.15) is 5.56 Å². The van der Waals surface area contributed by atoms with E-state index >= 15 is 0 Å². The van der Waals surface area contributed by atoms with Gasteiger partial charge in [0.2, 0.25) is 5.43 Å². The molecule has 0 bridgehead atoms. The lowest BCUT2D eigenvalue weighted by Gasteiger charge is -2.06. The highest BCUT2D eigenvalue weighted by Crippen LogP contribution is 2.26. The first kappa shape index (κ1) is 13.2. The molecule has 0 spiro atoms. The third-order valence-corrected chi connectivity index (χ3v) is 3.46. The molecule has 0 atom stereocenters. The minimum Gasteiger partial charge on any atom is -0.508 e. The molecule has 3 aromatic rings. The average Bonchev–Trinajstić information content (AvgIpc) is 2.47. The lowest BCUT2D eigenvalue weighted by Crippen LogP contribution is -2.06. The molecule has 0 amide bonds. The minimum atomic E-state index is -0.112. The van der Waals surface area contributed by atoms with Crippen molar-refractivity contribution in [1.82, 2.24) is 0 Å².